The fourth-order valence-electron chi connectivity index (χ4n) is 7.09. The van der Waals surface area contributed by atoms with Gasteiger partial charge in [0.15, 0.2) is 0 Å². The number of nitrogens with zero attached hydrogens (tertiary/aromatic N) is 8. The Kier molecular flexibility index (Phi) is 13.1. The Hall–Kier alpha value is -5.44. The smallest absolute Gasteiger partial charge is 0.357 e. The number of benzene rings is 4. The van der Waals surface area contributed by atoms with E-state index < -0.39 is 17.3 Å². The van der Waals surface area contributed by atoms with Crippen LogP contribution in [-0.4, -0.2) is 70.8 Å². The van der Waals surface area contributed by atoms with E-state index in [1.165, 1.54) is 0 Å². The molecule has 69 heavy (non-hydrogen) atoms. The monoisotopic (exact) mass is 1230 g/mol. The van der Waals surface area contributed by atoms with Crippen molar-refractivity contribution < 1.29 is 36.2 Å². The maximum absolute atomic E-state index is 13.2. The summed E-state index contributed by atoms with van der Waals surface area (Å²) in [5.41, 5.74) is 5.33. The number of hydrogen-bond acceptors (Lipinski definition) is 10. The largest absolute Gasteiger partial charge is 2.00 e. The summed E-state index contributed by atoms with van der Waals surface area (Å²) in [6.45, 7) is 14.0. The van der Waals surface area contributed by atoms with Crippen LogP contribution in [0.3, 0.4) is 0 Å². The third-order valence-electron chi connectivity index (χ3n) is 10.9. The topological polar surface area (TPSA) is 222 Å². The number of aromatic nitrogens is 8. The SMILES string of the molecule is CC(C)(Br)C(=O)Nc1ccc2c(c1)-c1nc-2nc2[n-]c(nc3nc(nc4[n-]c(n1)c1ccc(NC(=O)C(C)(C)Br)cc41)-c1cc(NC(=O)C(C)(C)Br)ccc1-3)c1cc(NC(=O)C(C)(C)Br)ccc21.[Cu+2]. The normalized spacial score (nSPS) is 12.5. The Morgan fingerprint density at radius 2 is 0.638 bits per heavy atom. The maximum Gasteiger partial charge on any atom is 2.00 e. The Labute approximate surface area is 439 Å². The molecule has 9 rings (SSSR count). The minimum atomic E-state index is -0.864. The molecule has 5 heterocycles. The molecular formula is C48H40Br4CuN12O4. The average molecular weight is 1230 g/mol. The molecule has 2 aliphatic heterocycles. The van der Waals surface area contributed by atoms with Crippen molar-refractivity contribution in [1.82, 2.24) is 39.9 Å². The van der Waals surface area contributed by atoms with E-state index in [2.05, 4.69) is 85.0 Å². The molecule has 0 spiro atoms. The van der Waals surface area contributed by atoms with Crippen LogP contribution in [0.2, 0.25) is 0 Å². The van der Waals surface area contributed by atoms with Crippen LogP contribution >= 0.6 is 63.7 Å². The average Bonchev–Trinajstić information content (AvgIpc) is 3.97. The first kappa shape index (κ1) is 50.0. The van der Waals surface area contributed by atoms with Gasteiger partial charge in [-0.1, -0.05) is 75.9 Å². The zero-order chi connectivity index (χ0) is 48.8. The van der Waals surface area contributed by atoms with Crippen molar-refractivity contribution in [1.29, 1.82) is 0 Å². The Morgan fingerprint density at radius 1 is 0.377 bits per heavy atom. The molecule has 7 aromatic rings. The number of alkyl halides is 4. The van der Waals surface area contributed by atoms with Gasteiger partial charge in [0.2, 0.25) is 23.6 Å². The molecule has 4 amide bonds. The second-order valence-electron chi connectivity index (χ2n) is 18.2. The molecule has 0 atom stereocenters. The number of rotatable bonds is 8. The summed E-state index contributed by atoms with van der Waals surface area (Å²) >= 11 is 13.8. The number of anilines is 4. The van der Waals surface area contributed by atoms with Gasteiger partial charge >= 0.3 is 17.1 Å². The van der Waals surface area contributed by atoms with Crippen LogP contribution in [0.5, 0.6) is 0 Å². The van der Waals surface area contributed by atoms with Crippen molar-refractivity contribution in [2.45, 2.75) is 72.7 Å². The number of hydrogen-bond donors (Lipinski definition) is 4. The van der Waals surface area contributed by atoms with Gasteiger partial charge < -0.3 is 51.2 Å². The maximum atomic E-state index is 13.2. The molecule has 4 aromatic carbocycles. The fourth-order valence-corrected chi connectivity index (χ4v) is 7.49. The van der Waals surface area contributed by atoms with E-state index in [1.54, 1.807) is 116 Å². The quantitative estimate of drug-likeness (QED) is 0.0824. The first-order valence-corrected chi connectivity index (χ1v) is 24.3. The van der Waals surface area contributed by atoms with Gasteiger partial charge in [0.25, 0.3) is 0 Å². The summed E-state index contributed by atoms with van der Waals surface area (Å²) in [4.78, 5) is 92.8. The van der Waals surface area contributed by atoms with Crippen molar-refractivity contribution in [2.24, 2.45) is 0 Å². The number of nitrogens with one attached hydrogen (secondary N) is 4. The predicted molar refractivity (Wildman–Crippen MR) is 281 cm³/mol. The molecule has 3 aromatic heterocycles. The summed E-state index contributed by atoms with van der Waals surface area (Å²) in [5, 5.41) is 14.2. The zero-order valence-electron chi connectivity index (χ0n) is 38.0. The first-order valence-electron chi connectivity index (χ1n) is 21.1. The summed E-state index contributed by atoms with van der Waals surface area (Å²) in [6, 6.07) is 21.4. The molecule has 4 N–H and O–H groups in total. The van der Waals surface area contributed by atoms with E-state index in [9.17, 15) is 19.2 Å². The Morgan fingerprint density at radius 3 is 0.942 bits per heavy atom. The van der Waals surface area contributed by atoms with Crippen molar-refractivity contribution in [2.75, 3.05) is 21.3 Å². The van der Waals surface area contributed by atoms with Gasteiger partial charge in [0, 0.05) is 67.6 Å². The number of fused-ring (bicyclic) bond motifs is 20. The Balaban J connectivity index is 0.00000642. The van der Waals surface area contributed by atoms with Gasteiger partial charge in [0.05, 0.1) is 40.6 Å². The number of halogens is 4. The van der Waals surface area contributed by atoms with E-state index >= 15 is 0 Å². The van der Waals surface area contributed by atoms with Gasteiger partial charge in [-0.2, -0.15) is 0 Å². The number of carbonyl (C=O) groups excluding carboxylic acids is 4. The minimum Gasteiger partial charge on any atom is -0.357 e. The van der Waals surface area contributed by atoms with Crippen LogP contribution in [0.25, 0.3) is 89.7 Å². The summed E-state index contributed by atoms with van der Waals surface area (Å²) in [5.74, 6) is -0.0276. The summed E-state index contributed by atoms with van der Waals surface area (Å²) in [7, 11) is 0. The van der Waals surface area contributed by atoms with E-state index in [-0.39, 0.29) is 86.6 Å². The van der Waals surface area contributed by atoms with Gasteiger partial charge in [-0.15, -0.1) is 0 Å². The van der Waals surface area contributed by atoms with E-state index in [0.717, 1.165) is 0 Å². The summed E-state index contributed by atoms with van der Waals surface area (Å²) < 4.78 is -3.44. The molecule has 0 aliphatic carbocycles. The second-order valence-corrected chi connectivity index (χ2v) is 26.2. The molecule has 2 aliphatic rings. The number of carbonyl (C=O) groups is 4. The van der Waals surface area contributed by atoms with Crippen molar-refractivity contribution >= 4 is 154 Å². The molecular weight excluding hydrogens is 1190 g/mol. The molecule has 1 radical (unpaired) electrons. The van der Waals surface area contributed by atoms with Crippen LogP contribution in [0.1, 0.15) is 55.4 Å². The van der Waals surface area contributed by atoms with Gasteiger partial charge in [0.1, 0.15) is 0 Å². The molecule has 8 bridgehead atoms. The van der Waals surface area contributed by atoms with Gasteiger partial charge in [-0.25, -0.2) is 9.97 Å². The van der Waals surface area contributed by atoms with Crippen LogP contribution in [0.15, 0.2) is 72.8 Å². The summed E-state index contributed by atoms with van der Waals surface area (Å²) in [6.07, 6.45) is 0. The van der Waals surface area contributed by atoms with E-state index in [0.29, 0.717) is 66.5 Å². The van der Waals surface area contributed by atoms with Crippen LogP contribution in [-0.2, 0) is 36.2 Å². The first-order chi connectivity index (χ1) is 31.8. The third kappa shape index (κ3) is 10.1. The zero-order valence-corrected chi connectivity index (χ0v) is 45.2. The van der Waals surface area contributed by atoms with Crippen molar-refractivity contribution in [3.63, 3.8) is 0 Å². The minimum absolute atomic E-state index is 0. The predicted octanol–water partition coefficient (Wildman–Crippen LogP) is 10.6. The van der Waals surface area contributed by atoms with Gasteiger partial charge in [-0.05, 0) is 138 Å². The third-order valence-corrected chi connectivity index (χ3v) is 12.3. The van der Waals surface area contributed by atoms with Crippen LogP contribution in [0, 0.1) is 0 Å². The molecule has 0 unspecified atom stereocenters. The van der Waals surface area contributed by atoms with Gasteiger partial charge in [-0.3, -0.25) is 19.2 Å². The van der Waals surface area contributed by atoms with Crippen LogP contribution in [0.4, 0.5) is 22.7 Å². The van der Waals surface area contributed by atoms with Crippen LogP contribution < -0.4 is 31.2 Å². The molecule has 16 nitrogen and oxygen atoms in total. The second kappa shape index (κ2) is 18.1. The number of amides is 4. The van der Waals surface area contributed by atoms with E-state index in [4.69, 9.17) is 39.9 Å². The van der Waals surface area contributed by atoms with Crippen molar-refractivity contribution in [3.05, 3.63) is 72.8 Å². The van der Waals surface area contributed by atoms with Crippen molar-refractivity contribution in [3.8, 4) is 45.6 Å². The molecule has 0 fully saturated rings. The van der Waals surface area contributed by atoms with E-state index in [1.807, 2.05) is 12.1 Å². The Bertz CT molecular complexity index is 3510. The standard InChI is InChI=1S/C48H42Br4N12O4.Cu/c1-45(2,49)41(65)53-21-9-13-25-29(17-21)37-58-33(25)57-34-26-14-10-22(54-42(66)46(3,4)50)18-30(26)38(59-34)61-36-28-16-12-24(56-44(68)48(7,8)52)20-32(28)40(63-36)64-39-31-19-23(55-43(67)47(5,6)51)11-15-27(31)35(60-37)62-39;/h9-20H,1-8H3,(H6,53,54,55,56,57,58,59,60,61,62,63,64,65,66,67,68);/q;+2/p-2. The molecule has 0 saturated heterocycles. The molecule has 355 valence electrons. The fraction of sp³-hybridized carbons (Fsp3) is 0.250. The molecule has 0 saturated carbocycles. The molecule has 21 heteroatoms.